The lowest BCUT2D eigenvalue weighted by atomic mass is 10.2. The van der Waals surface area contributed by atoms with E-state index in [2.05, 4.69) is 5.32 Å². The molecule has 0 unspecified atom stereocenters. The zero-order valence-corrected chi connectivity index (χ0v) is 19.3. The molecule has 1 aliphatic heterocycles. The van der Waals surface area contributed by atoms with Crippen molar-refractivity contribution in [2.75, 3.05) is 25.1 Å². The monoisotopic (exact) mass is 477 g/mol. The van der Waals surface area contributed by atoms with Crippen molar-refractivity contribution in [3.05, 3.63) is 78.9 Å². The Hall–Kier alpha value is -3.57. The molecule has 0 bridgehead atoms. The predicted molar refractivity (Wildman–Crippen MR) is 129 cm³/mol. The van der Waals surface area contributed by atoms with Crippen LogP contribution in [0.15, 0.2) is 78.9 Å². The standard InChI is InChI=1S/C26H24NO6P/c28-24(27-19-11-12-22-23(17-19)32-16-15-31-22)18-33-25(29)26(13-14-26)34(30,20-7-3-1-4-8-20)21-9-5-2-6-10-21/h1-12,17H,13-16,18H2,(H,27,28). The number of carbonyl (C=O) groups excluding carboxylic acids is 2. The molecule has 3 aromatic rings. The maximum Gasteiger partial charge on any atom is 0.320 e. The van der Waals surface area contributed by atoms with E-state index in [0.29, 0.717) is 53.9 Å². The van der Waals surface area contributed by atoms with Gasteiger partial charge in [0.1, 0.15) is 18.4 Å². The van der Waals surface area contributed by atoms with Gasteiger partial charge in [0, 0.05) is 22.4 Å². The van der Waals surface area contributed by atoms with Gasteiger partial charge in [-0.25, -0.2) is 0 Å². The van der Waals surface area contributed by atoms with Crippen LogP contribution in [0.5, 0.6) is 11.5 Å². The summed E-state index contributed by atoms with van der Waals surface area (Å²) in [7, 11) is -3.35. The topological polar surface area (TPSA) is 90.9 Å². The second-order valence-corrected chi connectivity index (χ2v) is 11.4. The Bertz CT molecular complexity index is 1210. The van der Waals surface area contributed by atoms with Crippen LogP contribution in [0.25, 0.3) is 0 Å². The first-order valence-electron chi connectivity index (χ1n) is 11.1. The van der Waals surface area contributed by atoms with Crippen LogP contribution < -0.4 is 25.4 Å². The summed E-state index contributed by atoms with van der Waals surface area (Å²) in [4.78, 5) is 25.8. The molecule has 0 atom stereocenters. The van der Waals surface area contributed by atoms with Crippen LogP contribution in [-0.2, 0) is 18.9 Å². The highest BCUT2D eigenvalue weighted by atomic mass is 31.2. The quantitative estimate of drug-likeness (QED) is 0.414. The lowest BCUT2D eigenvalue weighted by molar-refractivity contribution is -0.147. The summed E-state index contributed by atoms with van der Waals surface area (Å²) < 4.78 is 31.0. The Morgan fingerprint density at radius 1 is 0.853 bits per heavy atom. The summed E-state index contributed by atoms with van der Waals surface area (Å²) in [6.45, 7) is 0.442. The van der Waals surface area contributed by atoms with E-state index >= 15 is 0 Å². The van der Waals surface area contributed by atoms with Gasteiger partial charge in [-0.2, -0.15) is 0 Å². The molecule has 174 valence electrons. The second kappa shape index (κ2) is 8.99. The van der Waals surface area contributed by atoms with Gasteiger partial charge in [0.2, 0.25) is 0 Å². The van der Waals surface area contributed by atoms with E-state index in [0.717, 1.165) is 0 Å². The number of benzene rings is 3. The van der Waals surface area contributed by atoms with E-state index in [4.69, 9.17) is 14.2 Å². The summed E-state index contributed by atoms with van der Waals surface area (Å²) in [5, 5.41) is 2.76. The summed E-state index contributed by atoms with van der Waals surface area (Å²) >= 11 is 0. The number of fused-ring (bicyclic) bond motifs is 1. The van der Waals surface area contributed by atoms with Crippen molar-refractivity contribution in [1.82, 2.24) is 0 Å². The number of esters is 1. The molecule has 1 amide bonds. The lowest BCUT2D eigenvalue weighted by Gasteiger charge is -2.27. The number of carbonyl (C=O) groups is 2. The minimum Gasteiger partial charge on any atom is -0.486 e. The highest BCUT2D eigenvalue weighted by Gasteiger charge is 2.65. The molecule has 0 aromatic heterocycles. The zero-order valence-electron chi connectivity index (χ0n) is 18.4. The van der Waals surface area contributed by atoms with E-state index < -0.39 is 30.8 Å². The summed E-state index contributed by atoms with van der Waals surface area (Å²) in [5.41, 5.74) is 0.505. The maximum atomic E-state index is 14.6. The van der Waals surface area contributed by atoms with Crippen molar-refractivity contribution < 1.29 is 28.4 Å². The van der Waals surface area contributed by atoms with Crippen molar-refractivity contribution >= 4 is 35.3 Å². The van der Waals surface area contributed by atoms with Gasteiger partial charge in [0.15, 0.2) is 25.2 Å². The average Bonchev–Trinajstić information content (AvgIpc) is 3.70. The molecule has 0 radical (unpaired) electrons. The third-order valence-electron chi connectivity index (χ3n) is 6.11. The molecule has 0 saturated heterocycles. The maximum absolute atomic E-state index is 14.6. The number of amides is 1. The zero-order chi connectivity index (χ0) is 23.6. The third kappa shape index (κ3) is 3.97. The molecule has 1 fully saturated rings. The molecule has 2 aliphatic rings. The van der Waals surface area contributed by atoms with Crippen LogP contribution >= 0.6 is 7.14 Å². The van der Waals surface area contributed by atoms with Crippen LogP contribution in [-0.4, -0.2) is 36.9 Å². The van der Waals surface area contributed by atoms with Gasteiger partial charge in [-0.15, -0.1) is 0 Å². The first-order chi connectivity index (χ1) is 16.5. The first kappa shape index (κ1) is 22.2. The highest BCUT2D eigenvalue weighted by Crippen LogP contribution is 2.68. The summed E-state index contributed by atoms with van der Waals surface area (Å²) in [5.74, 6) is 0.0597. The molecule has 0 spiro atoms. The van der Waals surface area contributed by atoms with Crippen LogP contribution in [0.3, 0.4) is 0 Å². The van der Waals surface area contributed by atoms with Crippen LogP contribution in [0.1, 0.15) is 12.8 Å². The second-order valence-electron chi connectivity index (χ2n) is 8.29. The van der Waals surface area contributed by atoms with Crippen LogP contribution in [0, 0.1) is 0 Å². The van der Waals surface area contributed by atoms with Gasteiger partial charge in [0.25, 0.3) is 5.91 Å². The Morgan fingerprint density at radius 3 is 2.03 bits per heavy atom. The fourth-order valence-electron chi connectivity index (χ4n) is 4.27. The predicted octanol–water partition coefficient (Wildman–Crippen LogP) is 3.49. The minimum atomic E-state index is -3.35. The Labute approximate surface area is 197 Å². The Morgan fingerprint density at radius 2 is 1.44 bits per heavy atom. The van der Waals surface area contributed by atoms with Crippen LogP contribution in [0.2, 0.25) is 0 Å². The Kier molecular flexibility index (Phi) is 5.88. The Balaban J connectivity index is 1.32. The highest BCUT2D eigenvalue weighted by molar-refractivity contribution is 7.81. The van der Waals surface area contributed by atoms with Crippen molar-refractivity contribution in [3.63, 3.8) is 0 Å². The number of hydrogen-bond donors (Lipinski definition) is 1. The molecule has 1 saturated carbocycles. The van der Waals surface area contributed by atoms with Crippen molar-refractivity contribution in [2.45, 2.75) is 18.0 Å². The molecular formula is C26H24NO6P. The van der Waals surface area contributed by atoms with Crippen LogP contribution in [0.4, 0.5) is 5.69 Å². The molecule has 7 nitrogen and oxygen atoms in total. The van der Waals surface area contributed by atoms with Gasteiger partial charge >= 0.3 is 5.97 Å². The number of ether oxygens (including phenoxy) is 3. The summed E-state index contributed by atoms with van der Waals surface area (Å²) in [6, 6.07) is 23.2. The van der Waals surface area contributed by atoms with E-state index in [1.54, 1.807) is 42.5 Å². The largest absolute Gasteiger partial charge is 0.486 e. The molecule has 1 aliphatic carbocycles. The molecular weight excluding hydrogens is 453 g/mol. The third-order valence-corrected chi connectivity index (χ3v) is 9.99. The average molecular weight is 477 g/mol. The van der Waals surface area contributed by atoms with Crippen molar-refractivity contribution in [2.24, 2.45) is 0 Å². The number of anilines is 1. The minimum absolute atomic E-state index is 0.437. The van der Waals surface area contributed by atoms with E-state index in [-0.39, 0.29) is 0 Å². The van der Waals surface area contributed by atoms with E-state index in [1.165, 1.54) is 0 Å². The van der Waals surface area contributed by atoms with Gasteiger partial charge in [-0.05, 0) is 25.0 Å². The molecule has 1 heterocycles. The molecule has 5 rings (SSSR count). The molecule has 1 N–H and O–H groups in total. The molecule has 34 heavy (non-hydrogen) atoms. The van der Waals surface area contributed by atoms with Crippen molar-refractivity contribution in [3.8, 4) is 11.5 Å². The summed E-state index contributed by atoms with van der Waals surface area (Å²) in [6.07, 6.45) is 0.882. The number of rotatable bonds is 7. The smallest absolute Gasteiger partial charge is 0.320 e. The lowest BCUT2D eigenvalue weighted by Crippen LogP contribution is -2.36. The van der Waals surface area contributed by atoms with Gasteiger partial charge in [-0.1, -0.05) is 60.7 Å². The van der Waals surface area contributed by atoms with Gasteiger partial charge in [-0.3, -0.25) is 9.59 Å². The molecule has 3 aromatic carbocycles. The number of hydrogen-bond acceptors (Lipinski definition) is 6. The first-order valence-corrected chi connectivity index (χ1v) is 12.8. The molecule has 8 heteroatoms. The van der Waals surface area contributed by atoms with E-state index in [9.17, 15) is 14.2 Å². The van der Waals surface area contributed by atoms with E-state index in [1.807, 2.05) is 36.4 Å². The fourth-order valence-corrected chi connectivity index (χ4v) is 7.80. The van der Waals surface area contributed by atoms with Gasteiger partial charge < -0.3 is 24.1 Å². The van der Waals surface area contributed by atoms with Crippen molar-refractivity contribution in [1.29, 1.82) is 0 Å². The fraction of sp³-hybridized carbons (Fsp3) is 0.231. The number of nitrogens with one attached hydrogen (secondary N) is 1. The normalized spacial score (nSPS) is 15.8. The van der Waals surface area contributed by atoms with Gasteiger partial charge in [0.05, 0.1) is 0 Å². The SMILES string of the molecule is O=C(COC(=O)C1(P(=O)(c2ccccc2)c2ccccc2)CC1)Nc1ccc2c(c1)OCCO2.